The molecule has 0 amide bonds. The standard InChI is InChI=1S/C17H25N5/c18-9-11-1-3-12(4-2-11)17-14-6-8-16(20)15(19)7-5-13(14)10-21-22-17/h1-4,10,13-16H,5-9,18-20H2. The Bertz CT molecular complexity index is 563. The molecule has 22 heavy (non-hydrogen) atoms. The van der Waals surface area contributed by atoms with Crippen LogP contribution >= 0.6 is 0 Å². The van der Waals surface area contributed by atoms with Gasteiger partial charge in [-0.1, -0.05) is 24.3 Å². The van der Waals surface area contributed by atoms with Crippen LogP contribution in [0.15, 0.2) is 34.5 Å². The molecule has 4 unspecified atom stereocenters. The van der Waals surface area contributed by atoms with Gasteiger partial charge in [0.05, 0.1) is 5.71 Å². The molecule has 1 heterocycles. The second kappa shape index (κ2) is 6.69. The highest BCUT2D eigenvalue weighted by atomic mass is 15.2. The summed E-state index contributed by atoms with van der Waals surface area (Å²) in [5.41, 5.74) is 21.3. The van der Waals surface area contributed by atoms with Crippen molar-refractivity contribution in [1.29, 1.82) is 0 Å². The Labute approximate surface area is 131 Å². The van der Waals surface area contributed by atoms with Gasteiger partial charge < -0.3 is 17.2 Å². The minimum atomic E-state index is 0.0840. The first kappa shape index (κ1) is 15.3. The number of fused-ring (bicyclic) bond motifs is 1. The van der Waals surface area contributed by atoms with Gasteiger partial charge in [-0.2, -0.15) is 10.2 Å². The van der Waals surface area contributed by atoms with E-state index >= 15 is 0 Å². The van der Waals surface area contributed by atoms with Gasteiger partial charge in [0.2, 0.25) is 0 Å². The Hall–Kier alpha value is -1.56. The summed E-state index contributed by atoms with van der Waals surface area (Å²) in [4.78, 5) is 0. The molecule has 1 aromatic rings. The number of hydrogen-bond donors (Lipinski definition) is 3. The summed E-state index contributed by atoms with van der Waals surface area (Å²) in [6.07, 6.45) is 5.93. The molecule has 4 atom stereocenters. The fourth-order valence-corrected chi connectivity index (χ4v) is 3.46. The van der Waals surface area contributed by atoms with Crippen LogP contribution in [0.25, 0.3) is 0 Å². The largest absolute Gasteiger partial charge is 0.326 e. The molecule has 0 radical (unpaired) electrons. The molecule has 5 heteroatoms. The van der Waals surface area contributed by atoms with Crippen LogP contribution in [0.5, 0.6) is 0 Å². The fraction of sp³-hybridized carbons (Fsp3) is 0.529. The van der Waals surface area contributed by atoms with Crippen molar-refractivity contribution in [2.75, 3.05) is 0 Å². The predicted molar refractivity (Wildman–Crippen MR) is 90.8 cm³/mol. The van der Waals surface area contributed by atoms with Gasteiger partial charge in [-0.05, 0) is 36.8 Å². The lowest BCUT2D eigenvalue weighted by Gasteiger charge is -2.33. The van der Waals surface area contributed by atoms with E-state index in [2.05, 4.69) is 34.5 Å². The Morgan fingerprint density at radius 3 is 2.32 bits per heavy atom. The fourth-order valence-electron chi connectivity index (χ4n) is 3.46. The van der Waals surface area contributed by atoms with E-state index in [1.54, 1.807) is 0 Å². The number of benzene rings is 1. The van der Waals surface area contributed by atoms with E-state index in [1.807, 2.05) is 6.21 Å². The second-order valence-electron chi connectivity index (χ2n) is 6.40. The lowest BCUT2D eigenvalue weighted by molar-refractivity contribution is 0.340. The molecule has 3 rings (SSSR count). The normalized spacial score (nSPS) is 31.9. The Kier molecular flexibility index (Phi) is 4.66. The molecule has 118 valence electrons. The lowest BCUT2D eigenvalue weighted by Crippen LogP contribution is -2.44. The summed E-state index contributed by atoms with van der Waals surface area (Å²) in [6, 6.07) is 8.51. The maximum atomic E-state index is 6.18. The van der Waals surface area contributed by atoms with Gasteiger partial charge in [0.25, 0.3) is 0 Å². The molecule has 1 fully saturated rings. The summed E-state index contributed by atoms with van der Waals surface area (Å²) in [6.45, 7) is 0.559. The van der Waals surface area contributed by atoms with Crippen molar-refractivity contribution in [3.63, 3.8) is 0 Å². The van der Waals surface area contributed by atoms with Gasteiger partial charge in [-0.15, -0.1) is 0 Å². The molecule has 1 saturated carbocycles. The van der Waals surface area contributed by atoms with Crippen molar-refractivity contribution >= 4 is 11.9 Å². The molecular weight excluding hydrogens is 274 g/mol. The van der Waals surface area contributed by atoms with Gasteiger partial charge in [0.1, 0.15) is 0 Å². The third kappa shape index (κ3) is 3.11. The molecule has 1 aliphatic carbocycles. The zero-order valence-electron chi connectivity index (χ0n) is 12.9. The predicted octanol–water partition coefficient (Wildman–Crippen LogP) is 1.39. The maximum Gasteiger partial charge on any atom is 0.0739 e. The van der Waals surface area contributed by atoms with Crippen LogP contribution in [0.3, 0.4) is 0 Å². The summed E-state index contributed by atoms with van der Waals surface area (Å²) in [5.74, 6) is 0.806. The average Bonchev–Trinajstić information content (AvgIpc) is 2.56. The van der Waals surface area contributed by atoms with Gasteiger partial charge in [0.15, 0.2) is 0 Å². The molecule has 1 aliphatic heterocycles. The topological polar surface area (TPSA) is 103 Å². The first-order chi connectivity index (χ1) is 10.7. The van der Waals surface area contributed by atoms with Crippen LogP contribution in [-0.2, 0) is 6.54 Å². The maximum absolute atomic E-state index is 6.18. The molecule has 0 saturated heterocycles. The van der Waals surface area contributed by atoms with Crippen molar-refractivity contribution in [3.8, 4) is 0 Å². The van der Waals surface area contributed by atoms with Crippen LogP contribution in [0.1, 0.15) is 36.8 Å². The third-order valence-electron chi connectivity index (χ3n) is 4.97. The first-order valence-corrected chi connectivity index (χ1v) is 8.10. The van der Waals surface area contributed by atoms with Crippen molar-refractivity contribution < 1.29 is 0 Å². The van der Waals surface area contributed by atoms with Gasteiger partial charge >= 0.3 is 0 Å². The molecule has 2 aliphatic rings. The van der Waals surface area contributed by atoms with E-state index in [4.69, 9.17) is 17.2 Å². The molecule has 1 aromatic carbocycles. The first-order valence-electron chi connectivity index (χ1n) is 8.10. The minimum Gasteiger partial charge on any atom is -0.326 e. The Morgan fingerprint density at radius 1 is 0.955 bits per heavy atom. The van der Waals surface area contributed by atoms with Crippen molar-refractivity contribution in [1.82, 2.24) is 0 Å². The van der Waals surface area contributed by atoms with Crippen molar-refractivity contribution in [3.05, 3.63) is 35.4 Å². The quantitative estimate of drug-likeness (QED) is 0.769. The summed E-state index contributed by atoms with van der Waals surface area (Å²) in [5, 5.41) is 8.68. The van der Waals surface area contributed by atoms with E-state index in [1.165, 1.54) is 0 Å². The molecule has 0 spiro atoms. The highest BCUT2D eigenvalue weighted by molar-refractivity contribution is 6.04. The zero-order valence-corrected chi connectivity index (χ0v) is 12.9. The molecular formula is C17H25N5. The number of nitrogens with two attached hydrogens (primary N) is 3. The zero-order chi connectivity index (χ0) is 15.5. The average molecular weight is 299 g/mol. The molecule has 5 nitrogen and oxygen atoms in total. The summed E-state index contributed by atoms with van der Waals surface area (Å²) < 4.78 is 0. The van der Waals surface area contributed by atoms with Crippen molar-refractivity contribution in [2.24, 2.45) is 39.2 Å². The van der Waals surface area contributed by atoms with Gasteiger partial charge in [-0.25, -0.2) is 0 Å². The van der Waals surface area contributed by atoms with Crippen LogP contribution in [-0.4, -0.2) is 24.0 Å². The molecule has 6 N–H and O–H groups in total. The van der Waals surface area contributed by atoms with E-state index in [9.17, 15) is 0 Å². The lowest BCUT2D eigenvalue weighted by atomic mass is 9.75. The monoisotopic (exact) mass is 299 g/mol. The minimum absolute atomic E-state index is 0.0840. The van der Waals surface area contributed by atoms with Crippen LogP contribution in [0.2, 0.25) is 0 Å². The van der Waals surface area contributed by atoms with E-state index in [0.717, 1.165) is 42.5 Å². The summed E-state index contributed by atoms with van der Waals surface area (Å²) >= 11 is 0. The van der Waals surface area contributed by atoms with Crippen LogP contribution in [0.4, 0.5) is 0 Å². The van der Waals surface area contributed by atoms with Crippen LogP contribution < -0.4 is 17.2 Å². The molecule has 0 bridgehead atoms. The van der Waals surface area contributed by atoms with Crippen LogP contribution in [0, 0.1) is 11.8 Å². The van der Waals surface area contributed by atoms with Gasteiger partial charge in [-0.3, -0.25) is 0 Å². The SMILES string of the molecule is NCc1ccc(C2=NN=CC3CCC(N)C(N)CCC23)cc1. The van der Waals surface area contributed by atoms with E-state index < -0.39 is 0 Å². The van der Waals surface area contributed by atoms with Gasteiger partial charge in [0, 0.05) is 36.7 Å². The Morgan fingerprint density at radius 2 is 1.64 bits per heavy atom. The van der Waals surface area contributed by atoms with E-state index in [0.29, 0.717) is 18.4 Å². The van der Waals surface area contributed by atoms with Crippen molar-refractivity contribution in [2.45, 2.75) is 44.3 Å². The number of rotatable bonds is 2. The third-order valence-corrected chi connectivity index (χ3v) is 4.97. The Balaban J connectivity index is 1.84. The highest BCUT2D eigenvalue weighted by Gasteiger charge is 2.32. The number of nitrogens with zero attached hydrogens (tertiary/aromatic N) is 2. The summed E-state index contributed by atoms with van der Waals surface area (Å²) in [7, 11) is 0. The smallest absolute Gasteiger partial charge is 0.0739 e. The highest BCUT2D eigenvalue weighted by Crippen LogP contribution is 2.32. The number of hydrogen-bond acceptors (Lipinski definition) is 5. The molecule has 0 aromatic heterocycles. The second-order valence-corrected chi connectivity index (χ2v) is 6.40. The van der Waals surface area contributed by atoms with E-state index in [-0.39, 0.29) is 12.1 Å².